The van der Waals surface area contributed by atoms with Gasteiger partial charge in [0.1, 0.15) is 11.4 Å². The lowest BCUT2D eigenvalue weighted by atomic mass is 10.1. The Morgan fingerprint density at radius 1 is 0.844 bits per heavy atom. The molecule has 3 N–H and O–H groups in total. The topological polar surface area (TPSA) is 126 Å². The van der Waals surface area contributed by atoms with Gasteiger partial charge < -0.3 is 15.7 Å². The number of carbonyl (C=O) groups excluding carboxylic acids is 2. The van der Waals surface area contributed by atoms with Crippen molar-refractivity contribution in [1.82, 2.24) is 0 Å². The van der Waals surface area contributed by atoms with Gasteiger partial charge in [0.05, 0.1) is 34.4 Å². The summed E-state index contributed by atoms with van der Waals surface area (Å²) in [4.78, 5) is 24.1. The predicted octanol–water partition coefficient (Wildman–Crippen LogP) is 7.29. The number of nitriles is 2. The van der Waals surface area contributed by atoms with Crippen LogP contribution in [0.3, 0.4) is 0 Å². The van der Waals surface area contributed by atoms with E-state index in [1.54, 1.807) is 0 Å². The zero-order valence-electron chi connectivity index (χ0n) is 23.4. The highest BCUT2D eigenvalue weighted by molar-refractivity contribution is 7.99. The number of alkyl halides is 6. The summed E-state index contributed by atoms with van der Waals surface area (Å²) < 4.78 is 89.7. The second-order valence-electron chi connectivity index (χ2n) is 9.44. The zero-order chi connectivity index (χ0) is 34.2. The molecule has 0 bridgehead atoms. The third-order valence-corrected chi connectivity index (χ3v) is 6.93. The standard InChI is InChI=1S/C18H14F4N2O2S.C12H9F3N2O/c1-17(26,10-27-14-6-3-12(19)4-7-14)16(25)24-13-5-2-11(9-23)15(8-13)18(20,21)22;1-7(2)11(18)17-9-4-3-8(6-16)10(5-9)12(13,14)15/h2-8,26H,10H2,1H3,(H,24,25);3-5H,1H2,2H3,(H,17,18). The lowest BCUT2D eigenvalue weighted by Gasteiger charge is -2.22. The van der Waals surface area contributed by atoms with Gasteiger partial charge in [-0.15, -0.1) is 11.8 Å². The molecular formula is C30H23F7N4O3S. The Balaban J connectivity index is 0.000000341. The number of rotatable bonds is 7. The van der Waals surface area contributed by atoms with Crippen LogP contribution in [0.4, 0.5) is 42.1 Å². The highest BCUT2D eigenvalue weighted by atomic mass is 32.2. The lowest BCUT2D eigenvalue weighted by molar-refractivity contribution is -0.138. The normalized spacial score (nSPS) is 12.4. The van der Waals surface area contributed by atoms with E-state index >= 15 is 0 Å². The van der Waals surface area contributed by atoms with Crippen LogP contribution in [0, 0.1) is 28.5 Å². The Labute approximate surface area is 257 Å². The Morgan fingerprint density at radius 2 is 1.29 bits per heavy atom. The molecule has 0 aliphatic rings. The monoisotopic (exact) mass is 652 g/mol. The smallest absolute Gasteiger partial charge is 0.379 e. The summed E-state index contributed by atoms with van der Waals surface area (Å²) in [6.45, 7) is 6.02. The van der Waals surface area contributed by atoms with Crippen LogP contribution in [-0.2, 0) is 21.9 Å². The average Bonchev–Trinajstić information content (AvgIpc) is 2.96. The van der Waals surface area contributed by atoms with E-state index in [0.29, 0.717) is 11.0 Å². The van der Waals surface area contributed by atoms with Gasteiger partial charge in [0.25, 0.3) is 11.8 Å². The van der Waals surface area contributed by atoms with Crippen molar-refractivity contribution in [2.24, 2.45) is 0 Å². The van der Waals surface area contributed by atoms with E-state index in [2.05, 4.69) is 17.2 Å². The van der Waals surface area contributed by atoms with Crippen LogP contribution in [0.25, 0.3) is 0 Å². The molecule has 2 amide bonds. The van der Waals surface area contributed by atoms with Gasteiger partial charge in [0, 0.05) is 27.6 Å². The molecular weight excluding hydrogens is 629 g/mol. The number of anilines is 2. The third-order valence-electron chi connectivity index (χ3n) is 5.62. The first-order chi connectivity index (χ1) is 20.8. The van der Waals surface area contributed by atoms with Crippen molar-refractivity contribution >= 4 is 35.0 Å². The van der Waals surface area contributed by atoms with E-state index < -0.39 is 57.8 Å². The molecule has 0 saturated carbocycles. The lowest BCUT2D eigenvalue weighted by Crippen LogP contribution is -2.42. The molecule has 45 heavy (non-hydrogen) atoms. The van der Waals surface area contributed by atoms with Crippen molar-refractivity contribution in [1.29, 1.82) is 10.5 Å². The molecule has 0 fully saturated rings. The minimum Gasteiger partial charge on any atom is -0.379 e. The van der Waals surface area contributed by atoms with Gasteiger partial charge in [-0.05, 0) is 74.5 Å². The van der Waals surface area contributed by atoms with Crippen molar-refractivity contribution < 1.29 is 45.4 Å². The Hall–Kier alpha value is -4.86. The van der Waals surface area contributed by atoms with Crippen LogP contribution < -0.4 is 10.6 Å². The maximum atomic E-state index is 13.0. The molecule has 1 unspecified atom stereocenters. The van der Waals surface area contributed by atoms with Gasteiger partial charge in [-0.1, -0.05) is 6.58 Å². The van der Waals surface area contributed by atoms with E-state index in [-0.39, 0.29) is 22.7 Å². The number of aliphatic hydroxyl groups is 1. The fourth-order valence-electron chi connectivity index (χ4n) is 3.23. The molecule has 0 aromatic heterocycles. The molecule has 236 valence electrons. The first kappa shape index (κ1) is 36.3. The second kappa shape index (κ2) is 14.7. The molecule has 0 saturated heterocycles. The summed E-state index contributed by atoms with van der Waals surface area (Å²) in [5.74, 6) is -2.01. The molecule has 3 aromatic carbocycles. The number of thioether (sulfide) groups is 1. The van der Waals surface area contributed by atoms with E-state index in [0.717, 1.165) is 36.0 Å². The molecule has 0 heterocycles. The molecule has 15 heteroatoms. The third kappa shape index (κ3) is 10.7. The maximum absolute atomic E-state index is 13.0. The SMILES string of the molecule is C=C(C)C(=O)Nc1ccc(C#N)c(C(F)(F)F)c1.CC(O)(CSc1ccc(F)cc1)C(=O)Nc1ccc(C#N)c(C(F)(F)F)c1. The van der Waals surface area contributed by atoms with E-state index in [9.17, 15) is 45.4 Å². The first-order valence-electron chi connectivity index (χ1n) is 12.4. The molecule has 3 rings (SSSR count). The predicted molar refractivity (Wildman–Crippen MR) is 152 cm³/mol. The van der Waals surface area contributed by atoms with Crippen molar-refractivity contribution in [3.63, 3.8) is 0 Å². The number of hydrogen-bond donors (Lipinski definition) is 3. The zero-order valence-corrected chi connectivity index (χ0v) is 24.2. The van der Waals surface area contributed by atoms with Crippen LogP contribution in [-0.4, -0.2) is 28.3 Å². The summed E-state index contributed by atoms with van der Waals surface area (Å²) >= 11 is 1.09. The van der Waals surface area contributed by atoms with Crippen molar-refractivity contribution in [2.75, 3.05) is 16.4 Å². The number of hydrogen-bond acceptors (Lipinski definition) is 6. The Bertz CT molecular complexity index is 1660. The van der Waals surface area contributed by atoms with Gasteiger partial charge in [-0.25, -0.2) is 4.39 Å². The summed E-state index contributed by atoms with van der Waals surface area (Å²) in [7, 11) is 0. The van der Waals surface area contributed by atoms with Crippen LogP contribution in [0.5, 0.6) is 0 Å². The van der Waals surface area contributed by atoms with Crippen LogP contribution in [0.2, 0.25) is 0 Å². The van der Waals surface area contributed by atoms with E-state index in [1.807, 2.05) is 0 Å². The molecule has 0 aliphatic heterocycles. The largest absolute Gasteiger partial charge is 0.417 e. The molecule has 3 aromatic rings. The summed E-state index contributed by atoms with van der Waals surface area (Å²) in [5, 5.41) is 32.2. The minimum absolute atomic E-state index is 0.0330. The van der Waals surface area contributed by atoms with Crippen molar-refractivity contribution in [2.45, 2.75) is 36.7 Å². The highest BCUT2D eigenvalue weighted by Gasteiger charge is 2.36. The molecule has 0 aliphatic carbocycles. The van der Waals surface area contributed by atoms with Crippen LogP contribution >= 0.6 is 11.8 Å². The van der Waals surface area contributed by atoms with Gasteiger partial charge in [-0.3, -0.25) is 9.59 Å². The summed E-state index contributed by atoms with van der Waals surface area (Å²) in [6.07, 6.45) is -9.40. The molecule has 0 radical (unpaired) electrons. The summed E-state index contributed by atoms with van der Waals surface area (Å²) in [5.41, 5.74) is -5.27. The minimum atomic E-state index is -4.76. The molecule has 1 atom stereocenters. The van der Waals surface area contributed by atoms with Crippen LogP contribution in [0.15, 0.2) is 77.7 Å². The number of halogens is 7. The second-order valence-corrected chi connectivity index (χ2v) is 10.5. The maximum Gasteiger partial charge on any atom is 0.417 e. The summed E-state index contributed by atoms with van der Waals surface area (Å²) in [6, 6.07) is 14.0. The number of benzene rings is 3. The highest BCUT2D eigenvalue weighted by Crippen LogP contribution is 2.35. The van der Waals surface area contributed by atoms with E-state index in [1.165, 1.54) is 56.3 Å². The van der Waals surface area contributed by atoms with Crippen molar-refractivity contribution in [3.8, 4) is 12.1 Å². The van der Waals surface area contributed by atoms with Crippen molar-refractivity contribution in [3.05, 3.63) is 101 Å². The van der Waals surface area contributed by atoms with Gasteiger partial charge in [0.2, 0.25) is 0 Å². The fourth-order valence-corrected chi connectivity index (χ4v) is 4.14. The van der Waals surface area contributed by atoms with Gasteiger partial charge in [-0.2, -0.15) is 36.9 Å². The Morgan fingerprint density at radius 3 is 1.69 bits per heavy atom. The van der Waals surface area contributed by atoms with Gasteiger partial charge in [0.15, 0.2) is 0 Å². The number of nitrogens with zero attached hydrogens (tertiary/aromatic N) is 2. The molecule has 0 spiro atoms. The van der Waals surface area contributed by atoms with E-state index in [4.69, 9.17) is 10.5 Å². The molecule has 7 nitrogen and oxygen atoms in total. The average molecular weight is 653 g/mol. The number of carbonyl (C=O) groups is 2. The number of amides is 2. The fraction of sp³-hybridized carbons (Fsp3) is 0.200. The Kier molecular flexibility index (Phi) is 11.9. The van der Waals surface area contributed by atoms with Crippen LogP contribution in [0.1, 0.15) is 36.1 Å². The quantitative estimate of drug-likeness (QED) is 0.140. The first-order valence-corrected chi connectivity index (χ1v) is 13.4. The number of nitrogens with one attached hydrogen (secondary N) is 2. The van der Waals surface area contributed by atoms with Gasteiger partial charge >= 0.3 is 12.4 Å².